The van der Waals surface area contributed by atoms with Gasteiger partial charge in [-0.1, -0.05) is 18.6 Å². The second kappa shape index (κ2) is 10.1. The van der Waals surface area contributed by atoms with Crippen LogP contribution in [0.1, 0.15) is 53.4 Å². The zero-order chi connectivity index (χ0) is 22.0. The van der Waals surface area contributed by atoms with Crippen LogP contribution in [0.25, 0.3) is 0 Å². The van der Waals surface area contributed by atoms with Crippen LogP contribution in [-0.2, 0) is 19.0 Å². The Morgan fingerprint density at radius 1 is 1.33 bits per heavy atom. The zero-order valence-corrected chi connectivity index (χ0v) is 18.4. The van der Waals surface area contributed by atoms with Crippen LogP contribution < -0.4 is 5.32 Å². The second-order valence-corrected chi connectivity index (χ2v) is 9.27. The summed E-state index contributed by atoms with van der Waals surface area (Å²) in [5, 5.41) is 32.6. The quantitative estimate of drug-likeness (QED) is 0.465. The molecule has 1 aliphatic carbocycles. The minimum absolute atomic E-state index is 0.0466. The molecule has 8 nitrogen and oxygen atoms in total. The van der Waals surface area contributed by atoms with Crippen LogP contribution >= 0.6 is 0 Å². The van der Waals surface area contributed by atoms with Crippen LogP contribution in [-0.4, -0.2) is 76.8 Å². The fourth-order valence-corrected chi connectivity index (χ4v) is 5.05. The summed E-state index contributed by atoms with van der Waals surface area (Å²) in [6, 6.07) is -0.928. The zero-order valence-electron chi connectivity index (χ0n) is 18.4. The van der Waals surface area contributed by atoms with Crippen LogP contribution in [0.5, 0.6) is 0 Å². The molecule has 0 aromatic carbocycles. The van der Waals surface area contributed by atoms with Crippen LogP contribution in [0.2, 0.25) is 0 Å². The molecular weight excluding hydrogens is 390 g/mol. The Labute approximate surface area is 178 Å². The molecule has 0 aromatic rings. The minimum Gasteiger partial charge on any atom is -0.394 e. The first-order chi connectivity index (χ1) is 14.2. The number of nitrogens with one attached hydrogen (secondary N) is 1. The Kier molecular flexibility index (Phi) is 7.92. The average Bonchev–Trinajstić information content (AvgIpc) is 2.66. The fraction of sp³-hybridized carbons (Fsp3) is 0.864. The van der Waals surface area contributed by atoms with E-state index in [4.69, 9.17) is 14.2 Å². The highest BCUT2D eigenvalue weighted by Gasteiger charge is 2.46. The molecule has 0 aromatic heterocycles. The van der Waals surface area contributed by atoms with Gasteiger partial charge >= 0.3 is 0 Å². The monoisotopic (exact) mass is 427 g/mol. The van der Waals surface area contributed by atoms with E-state index in [2.05, 4.69) is 25.2 Å². The molecule has 0 radical (unpaired) electrons. The third kappa shape index (κ3) is 5.41. The number of aliphatic hydroxyl groups excluding tert-OH is 3. The molecule has 0 bridgehead atoms. The molecular formula is C22H37NO7. The summed E-state index contributed by atoms with van der Waals surface area (Å²) < 4.78 is 18.1. The van der Waals surface area contributed by atoms with E-state index in [9.17, 15) is 20.1 Å². The lowest BCUT2D eigenvalue weighted by molar-refractivity contribution is -0.283. The third-order valence-electron chi connectivity index (χ3n) is 6.67. The molecule has 2 heterocycles. The Morgan fingerprint density at radius 2 is 2.07 bits per heavy atom. The first kappa shape index (κ1) is 23.6. The summed E-state index contributed by atoms with van der Waals surface area (Å²) in [4.78, 5) is 11.6. The summed E-state index contributed by atoms with van der Waals surface area (Å²) in [5.74, 6) is 0.765. The second-order valence-electron chi connectivity index (χ2n) is 9.27. The average molecular weight is 428 g/mol. The van der Waals surface area contributed by atoms with Gasteiger partial charge in [0.05, 0.1) is 24.9 Å². The van der Waals surface area contributed by atoms with E-state index in [0.717, 1.165) is 12.8 Å². The number of hydrogen-bond acceptors (Lipinski definition) is 7. The maximum Gasteiger partial charge on any atom is 0.217 e. The van der Waals surface area contributed by atoms with E-state index in [1.54, 1.807) is 0 Å². The van der Waals surface area contributed by atoms with Gasteiger partial charge in [-0.15, -0.1) is 0 Å². The van der Waals surface area contributed by atoms with E-state index < -0.39 is 37.3 Å². The third-order valence-corrected chi connectivity index (χ3v) is 6.67. The molecule has 2 saturated heterocycles. The van der Waals surface area contributed by atoms with Gasteiger partial charge in [0.1, 0.15) is 24.4 Å². The molecule has 172 valence electrons. The molecule has 1 amide bonds. The SMILES string of the molecule is CC(=O)N[C@H]1[C@@H](OC(C)C[C@@H]2C[C@H](C)[C@H]3CCC(C)=C[C@H]3O2)O[C@H](CO)[C@@H](O)[C@@H]1O. The maximum atomic E-state index is 11.6. The number of ether oxygens (including phenoxy) is 3. The first-order valence-electron chi connectivity index (χ1n) is 11.1. The molecule has 2 fully saturated rings. The normalized spacial score (nSPS) is 42.8. The maximum absolute atomic E-state index is 11.6. The van der Waals surface area contributed by atoms with Gasteiger partial charge in [0.25, 0.3) is 0 Å². The van der Waals surface area contributed by atoms with Crippen molar-refractivity contribution in [2.45, 2.75) is 102 Å². The molecule has 0 spiro atoms. The number of carbonyl (C=O) groups excluding carboxylic acids is 1. The van der Waals surface area contributed by atoms with Crippen molar-refractivity contribution >= 4 is 5.91 Å². The highest BCUT2D eigenvalue weighted by molar-refractivity contribution is 5.73. The van der Waals surface area contributed by atoms with Crippen molar-refractivity contribution in [1.82, 2.24) is 5.32 Å². The largest absolute Gasteiger partial charge is 0.394 e. The Balaban J connectivity index is 1.62. The van der Waals surface area contributed by atoms with Crippen LogP contribution in [0, 0.1) is 11.8 Å². The topological polar surface area (TPSA) is 117 Å². The molecule has 4 N–H and O–H groups in total. The van der Waals surface area contributed by atoms with E-state index in [1.807, 2.05) is 6.92 Å². The number of aliphatic hydroxyl groups is 3. The smallest absolute Gasteiger partial charge is 0.217 e. The van der Waals surface area contributed by atoms with Gasteiger partial charge in [-0.2, -0.15) is 0 Å². The molecule has 2 aliphatic heterocycles. The van der Waals surface area contributed by atoms with Crippen LogP contribution in [0.4, 0.5) is 0 Å². The summed E-state index contributed by atoms with van der Waals surface area (Å²) in [6.07, 6.45) is 1.51. The lowest BCUT2D eigenvalue weighted by Crippen LogP contribution is -2.65. The molecule has 3 rings (SSSR count). The number of fused-ring (bicyclic) bond motifs is 1. The molecule has 10 atom stereocenters. The Bertz CT molecular complexity index is 627. The highest BCUT2D eigenvalue weighted by atomic mass is 16.7. The number of carbonyl (C=O) groups is 1. The van der Waals surface area contributed by atoms with E-state index in [1.165, 1.54) is 18.9 Å². The first-order valence-corrected chi connectivity index (χ1v) is 11.1. The molecule has 8 heteroatoms. The minimum atomic E-state index is -1.32. The lowest BCUT2D eigenvalue weighted by atomic mass is 9.75. The highest BCUT2D eigenvalue weighted by Crippen LogP contribution is 2.39. The van der Waals surface area contributed by atoms with E-state index in [0.29, 0.717) is 18.3 Å². The lowest BCUT2D eigenvalue weighted by Gasteiger charge is -2.44. The Morgan fingerprint density at radius 3 is 2.73 bits per heavy atom. The number of amides is 1. The van der Waals surface area contributed by atoms with Crippen molar-refractivity contribution in [3.63, 3.8) is 0 Å². The van der Waals surface area contributed by atoms with Gasteiger partial charge in [0.2, 0.25) is 5.91 Å². The molecule has 3 aliphatic rings. The summed E-state index contributed by atoms with van der Waals surface area (Å²) in [6.45, 7) is 7.21. The van der Waals surface area contributed by atoms with Crippen molar-refractivity contribution < 1.29 is 34.3 Å². The predicted molar refractivity (Wildman–Crippen MR) is 109 cm³/mol. The predicted octanol–water partition coefficient (Wildman–Crippen LogP) is 0.875. The van der Waals surface area contributed by atoms with Gasteiger partial charge < -0.3 is 34.8 Å². The van der Waals surface area contributed by atoms with Crippen LogP contribution in [0.3, 0.4) is 0 Å². The summed E-state index contributed by atoms with van der Waals surface area (Å²) >= 11 is 0. The van der Waals surface area contributed by atoms with Gasteiger partial charge in [0.15, 0.2) is 6.29 Å². The fourth-order valence-electron chi connectivity index (χ4n) is 5.05. The number of rotatable bonds is 6. The molecule has 0 saturated carbocycles. The van der Waals surface area contributed by atoms with Gasteiger partial charge in [-0.05, 0) is 51.4 Å². The number of hydrogen-bond donors (Lipinski definition) is 4. The van der Waals surface area contributed by atoms with Gasteiger partial charge in [-0.25, -0.2) is 0 Å². The van der Waals surface area contributed by atoms with Crippen molar-refractivity contribution in [1.29, 1.82) is 0 Å². The molecule has 30 heavy (non-hydrogen) atoms. The van der Waals surface area contributed by atoms with Gasteiger partial charge in [-0.3, -0.25) is 4.79 Å². The van der Waals surface area contributed by atoms with Crippen molar-refractivity contribution in [3.05, 3.63) is 11.6 Å². The van der Waals surface area contributed by atoms with E-state index >= 15 is 0 Å². The van der Waals surface area contributed by atoms with Crippen molar-refractivity contribution in [2.75, 3.05) is 6.61 Å². The van der Waals surface area contributed by atoms with Gasteiger partial charge in [0, 0.05) is 6.92 Å². The molecule has 1 unspecified atom stereocenters. The summed E-state index contributed by atoms with van der Waals surface area (Å²) in [7, 11) is 0. The van der Waals surface area contributed by atoms with Crippen LogP contribution in [0.15, 0.2) is 11.6 Å². The van der Waals surface area contributed by atoms with E-state index in [-0.39, 0.29) is 24.2 Å². The van der Waals surface area contributed by atoms with Crippen molar-refractivity contribution in [2.24, 2.45) is 11.8 Å². The van der Waals surface area contributed by atoms with Crippen molar-refractivity contribution in [3.8, 4) is 0 Å². The Hall–Kier alpha value is -1.03. The summed E-state index contributed by atoms with van der Waals surface area (Å²) in [5.41, 5.74) is 1.38. The number of allylic oxidation sites excluding steroid dienone is 1. The standard InChI is InChI=1S/C22H37NO7/c1-11-5-6-16-12(2)8-15(29-17(16)7-11)9-13(3)28-22-19(23-14(4)25)21(27)20(26)18(10-24)30-22/h7,12-13,15-22,24,26-27H,5-6,8-10H2,1-4H3,(H,23,25)/t12-,13?,15-,16+,17+,18+,19+,20+,21+,22-/m0/s1.